The molecule has 4 aliphatic rings. The quantitative estimate of drug-likeness (QED) is 0.165. The van der Waals surface area contributed by atoms with E-state index in [-0.39, 0.29) is 28.5 Å². The van der Waals surface area contributed by atoms with Gasteiger partial charge in [0.15, 0.2) is 5.58 Å². The summed E-state index contributed by atoms with van der Waals surface area (Å²) < 4.78 is 13.7. The van der Waals surface area contributed by atoms with Crippen LogP contribution in [0.4, 0.5) is 45.5 Å². The third kappa shape index (κ3) is 5.94. The van der Waals surface area contributed by atoms with Crippen LogP contribution in [0.1, 0.15) is 104 Å². The zero-order valence-corrected chi connectivity index (χ0v) is 42.3. The van der Waals surface area contributed by atoms with Crippen molar-refractivity contribution in [2.45, 2.75) is 109 Å². The van der Waals surface area contributed by atoms with Crippen molar-refractivity contribution in [1.82, 2.24) is 0 Å². The van der Waals surface area contributed by atoms with E-state index >= 15 is 0 Å². The molecule has 71 heavy (non-hydrogen) atoms. The van der Waals surface area contributed by atoms with Crippen molar-refractivity contribution < 1.29 is 8.83 Å². The monoisotopic (exact) mass is 925 g/mol. The molecular weight excluding hydrogens is 866 g/mol. The number of furan rings is 2. The van der Waals surface area contributed by atoms with Crippen molar-refractivity contribution in [3.63, 3.8) is 0 Å². The molecule has 2 unspecified atom stereocenters. The molecule has 0 bridgehead atoms. The van der Waals surface area contributed by atoms with Crippen LogP contribution in [0.3, 0.4) is 0 Å². The molecule has 1 aliphatic carbocycles. The predicted molar refractivity (Wildman–Crippen MR) is 300 cm³/mol. The molecule has 2 atom stereocenters. The maximum Gasteiger partial charge on any atom is 0.252 e. The molecule has 3 aliphatic heterocycles. The van der Waals surface area contributed by atoms with Gasteiger partial charge in [-0.2, -0.15) is 0 Å². The van der Waals surface area contributed by atoms with Gasteiger partial charge in [0.1, 0.15) is 16.7 Å². The van der Waals surface area contributed by atoms with Gasteiger partial charge in [0.05, 0.1) is 11.2 Å². The lowest BCUT2D eigenvalue weighted by Crippen LogP contribution is -2.62. The van der Waals surface area contributed by atoms with E-state index in [1.165, 1.54) is 86.5 Å². The van der Waals surface area contributed by atoms with Crippen LogP contribution in [-0.4, -0.2) is 12.3 Å². The Balaban J connectivity index is 1.13. The van der Waals surface area contributed by atoms with Gasteiger partial charge in [-0.25, -0.2) is 0 Å². The van der Waals surface area contributed by atoms with Crippen molar-refractivity contribution in [3.8, 4) is 0 Å². The average Bonchev–Trinajstić information content (AvgIpc) is 3.95. The van der Waals surface area contributed by atoms with Crippen LogP contribution in [-0.2, 0) is 16.2 Å². The number of hydrogen-bond donors (Lipinski definition) is 0. The molecule has 5 heterocycles. The zero-order chi connectivity index (χ0) is 48.3. The van der Waals surface area contributed by atoms with Gasteiger partial charge in [0.25, 0.3) is 6.71 Å². The molecule has 2 aromatic heterocycles. The number of anilines is 8. The van der Waals surface area contributed by atoms with Gasteiger partial charge in [-0.15, -0.1) is 0 Å². The van der Waals surface area contributed by atoms with E-state index in [0.717, 1.165) is 68.1 Å². The van der Waals surface area contributed by atoms with Crippen LogP contribution in [0.15, 0.2) is 167 Å². The van der Waals surface area contributed by atoms with Gasteiger partial charge in [0.2, 0.25) is 0 Å². The normalized spacial score (nSPS) is 19.5. The minimum Gasteiger partial charge on any atom is -0.456 e. The summed E-state index contributed by atoms with van der Waals surface area (Å²) in [5.41, 5.74) is 20.6. The number of fused-ring (bicyclic) bond motifs is 13. The molecular formula is C65H60BN3O2. The van der Waals surface area contributed by atoms with Crippen LogP contribution >= 0.6 is 0 Å². The van der Waals surface area contributed by atoms with Crippen LogP contribution in [0.25, 0.3) is 43.9 Å². The third-order valence-corrected chi connectivity index (χ3v) is 17.5. The van der Waals surface area contributed by atoms with Crippen molar-refractivity contribution in [2.24, 2.45) is 0 Å². The van der Waals surface area contributed by atoms with Crippen LogP contribution < -0.4 is 31.1 Å². The van der Waals surface area contributed by atoms with Crippen LogP contribution in [0, 0.1) is 0 Å². The molecule has 0 spiro atoms. The molecule has 350 valence electrons. The van der Waals surface area contributed by atoms with Crippen molar-refractivity contribution >= 4 is 112 Å². The molecule has 14 rings (SSSR count). The fourth-order valence-electron chi connectivity index (χ4n) is 13.6. The third-order valence-electron chi connectivity index (χ3n) is 17.5. The standard InChI is InChI=1S/C65H60BN3O2/c1-62(2,3)40-27-31-52-49(35-40)66-50-36-41(63(4,5)6)28-32-53(50)68(54-24-18-21-47-45-20-11-15-26-58(45)71-61(47)54)56-38-43(69-51-23-13-12-22-48(51)64(7)33-16-9-17-34-65(64,69)8)37-55(60(56)66)67(52)42-29-30-46-44-19-10-14-25-57(44)70-59(46)39-42/h10-15,18-32,35-39H,9,16-17,33-34H2,1-8H3. The summed E-state index contributed by atoms with van der Waals surface area (Å²) in [6.45, 7) is 19.1. The van der Waals surface area contributed by atoms with Crippen molar-refractivity contribution in [1.29, 1.82) is 0 Å². The molecule has 10 aromatic rings. The Morgan fingerprint density at radius 2 is 1.03 bits per heavy atom. The maximum absolute atomic E-state index is 7.03. The van der Waals surface area contributed by atoms with E-state index in [2.05, 4.69) is 228 Å². The summed E-state index contributed by atoms with van der Waals surface area (Å²) >= 11 is 0. The van der Waals surface area contributed by atoms with E-state index in [0.29, 0.717) is 0 Å². The van der Waals surface area contributed by atoms with E-state index < -0.39 is 0 Å². The number of para-hydroxylation sites is 4. The molecule has 0 amide bonds. The van der Waals surface area contributed by atoms with Gasteiger partial charge >= 0.3 is 0 Å². The van der Waals surface area contributed by atoms with Crippen molar-refractivity contribution in [3.05, 3.63) is 174 Å². The molecule has 0 N–H and O–H groups in total. The lowest BCUT2D eigenvalue weighted by molar-refractivity contribution is 0.261. The smallest absolute Gasteiger partial charge is 0.252 e. The second kappa shape index (κ2) is 14.7. The summed E-state index contributed by atoms with van der Waals surface area (Å²) in [7, 11) is 0. The van der Waals surface area contributed by atoms with Gasteiger partial charge in [-0.3, -0.25) is 0 Å². The highest BCUT2D eigenvalue weighted by Gasteiger charge is 2.57. The number of benzene rings is 8. The summed E-state index contributed by atoms with van der Waals surface area (Å²) in [4.78, 5) is 7.92. The highest BCUT2D eigenvalue weighted by atomic mass is 16.3. The first-order valence-corrected chi connectivity index (χ1v) is 26.0. The Bertz CT molecular complexity index is 3870. The highest BCUT2D eigenvalue weighted by Crippen LogP contribution is 2.61. The van der Waals surface area contributed by atoms with E-state index in [9.17, 15) is 0 Å². The van der Waals surface area contributed by atoms with E-state index in [1.54, 1.807) is 0 Å². The molecule has 6 heteroatoms. The minimum atomic E-state index is -0.169. The van der Waals surface area contributed by atoms with E-state index in [4.69, 9.17) is 8.83 Å². The SMILES string of the molecule is CC(C)(C)c1ccc2c(c1)B1c3cc(C(C)(C)C)ccc3N(c3cccc4c3oc3ccccc34)c3cc(N4c5ccccc5C5(C)CCCCCC45C)cc(c31)N2c1ccc2c(c1)oc1ccccc12. The fourth-order valence-corrected chi connectivity index (χ4v) is 13.6. The van der Waals surface area contributed by atoms with Gasteiger partial charge in [-0.05, 0) is 124 Å². The van der Waals surface area contributed by atoms with Gasteiger partial charge < -0.3 is 23.5 Å². The summed E-state index contributed by atoms with van der Waals surface area (Å²) in [6, 6.07) is 59.6. The lowest BCUT2D eigenvalue weighted by atomic mass is 9.33. The predicted octanol–water partition coefficient (Wildman–Crippen LogP) is 16.3. The largest absolute Gasteiger partial charge is 0.456 e. The highest BCUT2D eigenvalue weighted by molar-refractivity contribution is 7.00. The van der Waals surface area contributed by atoms with Crippen LogP contribution in [0.5, 0.6) is 0 Å². The Kier molecular flexibility index (Phi) is 8.84. The first-order chi connectivity index (χ1) is 34.2. The molecule has 0 saturated heterocycles. The first kappa shape index (κ1) is 42.7. The van der Waals surface area contributed by atoms with Crippen molar-refractivity contribution in [2.75, 3.05) is 14.7 Å². The van der Waals surface area contributed by atoms with Gasteiger partial charge in [-0.1, -0.05) is 159 Å². The first-order valence-electron chi connectivity index (χ1n) is 26.0. The Labute approximate surface area is 417 Å². The Hall–Kier alpha value is -7.18. The maximum atomic E-state index is 7.03. The molecule has 5 nitrogen and oxygen atoms in total. The van der Waals surface area contributed by atoms with Crippen LogP contribution in [0.2, 0.25) is 0 Å². The summed E-state index contributed by atoms with van der Waals surface area (Å²) in [6.07, 6.45) is 5.96. The molecule has 1 fully saturated rings. The minimum absolute atomic E-state index is 0.0345. The average molecular weight is 926 g/mol. The summed E-state index contributed by atoms with van der Waals surface area (Å²) in [5.74, 6) is 0. The molecule has 8 aromatic carbocycles. The zero-order valence-electron chi connectivity index (χ0n) is 42.3. The second-order valence-electron chi connectivity index (χ2n) is 23.6. The Morgan fingerprint density at radius 3 is 1.75 bits per heavy atom. The van der Waals surface area contributed by atoms with E-state index in [1.807, 2.05) is 0 Å². The molecule has 1 saturated carbocycles. The van der Waals surface area contributed by atoms with Gasteiger partial charge in [0, 0.05) is 72.8 Å². The topological polar surface area (TPSA) is 36.0 Å². The number of nitrogens with zero attached hydrogens (tertiary/aromatic N) is 3. The lowest BCUT2D eigenvalue weighted by Gasteiger charge is -2.48. The Morgan fingerprint density at radius 1 is 0.451 bits per heavy atom. The second-order valence-corrected chi connectivity index (χ2v) is 23.6. The number of rotatable bonds is 3. The fraction of sp³-hybridized carbons (Fsp3) is 0.262. The summed E-state index contributed by atoms with van der Waals surface area (Å²) in [5, 5.41) is 4.51. The molecule has 0 radical (unpaired) electrons. The number of hydrogen-bond acceptors (Lipinski definition) is 5.